The largest absolute Gasteiger partial charge is 0.396 e. The van der Waals surface area contributed by atoms with Crippen molar-refractivity contribution in [3.63, 3.8) is 0 Å². The van der Waals surface area contributed by atoms with Gasteiger partial charge in [0.1, 0.15) is 0 Å². The third-order valence-corrected chi connectivity index (χ3v) is 2.81. The first kappa shape index (κ1) is 12.9. The standard InChI is InChI=1S/C11H25NO/c1-4-11(8-10-13)7-6-9-12(3)5-2/h11,13H,4-10H2,1-3H3/t11-/m0/s1. The molecule has 2 nitrogen and oxygen atoms in total. The Kier molecular flexibility index (Phi) is 8.46. The van der Waals surface area contributed by atoms with Gasteiger partial charge in [0, 0.05) is 6.61 Å². The minimum absolute atomic E-state index is 0.349. The molecule has 0 bridgehead atoms. The second-order valence-electron chi connectivity index (χ2n) is 3.82. The second-order valence-corrected chi connectivity index (χ2v) is 3.82. The molecule has 0 unspecified atom stereocenters. The van der Waals surface area contributed by atoms with Crippen molar-refractivity contribution in [2.75, 3.05) is 26.7 Å². The fourth-order valence-corrected chi connectivity index (χ4v) is 1.54. The smallest absolute Gasteiger partial charge is 0.0433 e. The van der Waals surface area contributed by atoms with Gasteiger partial charge in [0.05, 0.1) is 0 Å². The molecule has 0 spiro atoms. The number of hydrogen-bond acceptors (Lipinski definition) is 2. The predicted molar refractivity (Wildman–Crippen MR) is 57.9 cm³/mol. The van der Waals surface area contributed by atoms with E-state index < -0.39 is 0 Å². The number of nitrogens with zero attached hydrogens (tertiary/aromatic N) is 1. The van der Waals surface area contributed by atoms with Gasteiger partial charge in [-0.1, -0.05) is 20.3 Å². The molecular weight excluding hydrogens is 162 g/mol. The quantitative estimate of drug-likeness (QED) is 0.629. The lowest BCUT2D eigenvalue weighted by Gasteiger charge is -2.17. The van der Waals surface area contributed by atoms with Gasteiger partial charge in [-0.05, 0) is 45.3 Å². The van der Waals surface area contributed by atoms with Gasteiger partial charge in [-0.15, -0.1) is 0 Å². The van der Waals surface area contributed by atoms with E-state index in [1.54, 1.807) is 0 Å². The summed E-state index contributed by atoms with van der Waals surface area (Å²) in [5.74, 6) is 0.732. The Labute approximate surface area is 82.9 Å². The van der Waals surface area contributed by atoms with Crippen LogP contribution in [0.2, 0.25) is 0 Å². The van der Waals surface area contributed by atoms with Crippen LogP contribution in [-0.2, 0) is 0 Å². The summed E-state index contributed by atoms with van der Waals surface area (Å²) in [6, 6.07) is 0. The van der Waals surface area contributed by atoms with Crippen molar-refractivity contribution < 1.29 is 5.11 Å². The Bertz CT molecular complexity index is 106. The number of aliphatic hydroxyl groups excluding tert-OH is 1. The highest BCUT2D eigenvalue weighted by atomic mass is 16.3. The molecule has 0 aromatic heterocycles. The second kappa shape index (κ2) is 8.52. The molecule has 0 fully saturated rings. The highest BCUT2D eigenvalue weighted by Crippen LogP contribution is 2.14. The zero-order valence-corrected chi connectivity index (χ0v) is 9.42. The third kappa shape index (κ3) is 7.03. The van der Waals surface area contributed by atoms with Crippen molar-refractivity contribution in [3.05, 3.63) is 0 Å². The van der Waals surface area contributed by atoms with Crippen LogP contribution in [0, 0.1) is 5.92 Å². The Balaban J connectivity index is 3.37. The Morgan fingerprint density at radius 1 is 1.23 bits per heavy atom. The van der Waals surface area contributed by atoms with Crippen LogP contribution in [0.15, 0.2) is 0 Å². The van der Waals surface area contributed by atoms with E-state index in [4.69, 9.17) is 5.11 Å². The molecule has 0 saturated heterocycles. The van der Waals surface area contributed by atoms with Gasteiger partial charge in [-0.2, -0.15) is 0 Å². The number of hydrogen-bond donors (Lipinski definition) is 1. The fraction of sp³-hybridized carbons (Fsp3) is 1.00. The molecule has 2 heteroatoms. The molecule has 80 valence electrons. The zero-order chi connectivity index (χ0) is 10.1. The summed E-state index contributed by atoms with van der Waals surface area (Å²) < 4.78 is 0. The molecule has 0 saturated carbocycles. The highest BCUT2D eigenvalue weighted by Gasteiger charge is 2.05. The van der Waals surface area contributed by atoms with Gasteiger partial charge in [0.25, 0.3) is 0 Å². The molecule has 0 radical (unpaired) electrons. The molecule has 1 atom stereocenters. The lowest BCUT2D eigenvalue weighted by Crippen LogP contribution is -2.19. The first-order valence-electron chi connectivity index (χ1n) is 5.53. The summed E-state index contributed by atoms with van der Waals surface area (Å²) in [6.07, 6.45) is 4.72. The van der Waals surface area contributed by atoms with E-state index >= 15 is 0 Å². The van der Waals surface area contributed by atoms with E-state index in [9.17, 15) is 0 Å². The van der Waals surface area contributed by atoms with Crippen LogP contribution in [0.1, 0.15) is 39.5 Å². The molecule has 0 aliphatic rings. The van der Waals surface area contributed by atoms with Crippen LogP contribution in [-0.4, -0.2) is 36.8 Å². The monoisotopic (exact) mass is 187 g/mol. The normalized spacial score (nSPS) is 13.6. The topological polar surface area (TPSA) is 23.5 Å². The maximum Gasteiger partial charge on any atom is 0.0433 e. The van der Waals surface area contributed by atoms with Crippen LogP contribution >= 0.6 is 0 Å². The van der Waals surface area contributed by atoms with Gasteiger partial charge in [0.15, 0.2) is 0 Å². The van der Waals surface area contributed by atoms with Gasteiger partial charge in [-0.3, -0.25) is 0 Å². The molecule has 0 aromatic carbocycles. The fourth-order valence-electron chi connectivity index (χ4n) is 1.54. The molecule has 0 rings (SSSR count). The maximum absolute atomic E-state index is 8.81. The summed E-state index contributed by atoms with van der Waals surface area (Å²) in [5.41, 5.74) is 0. The van der Waals surface area contributed by atoms with Crippen molar-refractivity contribution in [1.82, 2.24) is 4.90 Å². The van der Waals surface area contributed by atoms with Crippen molar-refractivity contribution >= 4 is 0 Å². The van der Waals surface area contributed by atoms with Crippen LogP contribution < -0.4 is 0 Å². The van der Waals surface area contributed by atoms with Crippen molar-refractivity contribution in [3.8, 4) is 0 Å². The molecular formula is C11H25NO. The number of rotatable bonds is 8. The highest BCUT2D eigenvalue weighted by molar-refractivity contribution is 4.58. The van der Waals surface area contributed by atoms with E-state index in [-0.39, 0.29) is 0 Å². The Morgan fingerprint density at radius 2 is 1.92 bits per heavy atom. The van der Waals surface area contributed by atoms with E-state index in [0.29, 0.717) is 6.61 Å². The minimum atomic E-state index is 0.349. The number of aliphatic hydroxyl groups is 1. The first-order chi connectivity index (χ1) is 6.24. The van der Waals surface area contributed by atoms with E-state index in [1.165, 1.54) is 25.8 Å². The first-order valence-corrected chi connectivity index (χ1v) is 5.53. The summed E-state index contributed by atoms with van der Waals surface area (Å²) in [4.78, 5) is 2.34. The van der Waals surface area contributed by atoms with Gasteiger partial charge in [-0.25, -0.2) is 0 Å². The minimum Gasteiger partial charge on any atom is -0.396 e. The van der Waals surface area contributed by atoms with Crippen molar-refractivity contribution in [2.45, 2.75) is 39.5 Å². The summed E-state index contributed by atoms with van der Waals surface area (Å²) in [7, 11) is 2.16. The molecule has 1 N–H and O–H groups in total. The molecule has 0 aromatic rings. The average Bonchev–Trinajstić information content (AvgIpc) is 2.16. The lowest BCUT2D eigenvalue weighted by atomic mass is 9.97. The third-order valence-electron chi connectivity index (χ3n) is 2.81. The Morgan fingerprint density at radius 3 is 2.38 bits per heavy atom. The zero-order valence-electron chi connectivity index (χ0n) is 9.42. The summed E-state index contributed by atoms with van der Waals surface area (Å²) in [5, 5.41) is 8.81. The molecule has 13 heavy (non-hydrogen) atoms. The molecule has 0 aliphatic heterocycles. The Hall–Kier alpha value is -0.0800. The van der Waals surface area contributed by atoms with E-state index in [1.807, 2.05) is 0 Å². The van der Waals surface area contributed by atoms with Crippen LogP contribution in [0.4, 0.5) is 0 Å². The van der Waals surface area contributed by atoms with E-state index in [2.05, 4.69) is 25.8 Å². The van der Waals surface area contributed by atoms with Gasteiger partial charge < -0.3 is 10.0 Å². The SMILES string of the molecule is CC[C@H](CCO)CCCN(C)CC. The summed E-state index contributed by atoms with van der Waals surface area (Å²) in [6.45, 7) is 7.08. The van der Waals surface area contributed by atoms with Crippen molar-refractivity contribution in [1.29, 1.82) is 0 Å². The lowest BCUT2D eigenvalue weighted by molar-refractivity contribution is 0.241. The molecule has 0 aliphatic carbocycles. The predicted octanol–water partition coefficient (Wildman–Crippen LogP) is 2.13. The summed E-state index contributed by atoms with van der Waals surface area (Å²) >= 11 is 0. The average molecular weight is 187 g/mol. The van der Waals surface area contributed by atoms with Crippen LogP contribution in [0.5, 0.6) is 0 Å². The molecule has 0 amide bonds. The molecule has 0 heterocycles. The van der Waals surface area contributed by atoms with E-state index in [0.717, 1.165) is 18.9 Å². The van der Waals surface area contributed by atoms with Gasteiger partial charge in [0.2, 0.25) is 0 Å². The van der Waals surface area contributed by atoms with Crippen molar-refractivity contribution in [2.24, 2.45) is 5.92 Å². The van der Waals surface area contributed by atoms with Crippen LogP contribution in [0.25, 0.3) is 0 Å². The van der Waals surface area contributed by atoms with Crippen LogP contribution in [0.3, 0.4) is 0 Å². The maximum atomic E-state index is 8.81. The van der Waals surface area contributed by atoms with Gasteiger partial charge >= 0.3 is 0 Å².